The van der Waals surface area contributed by atoms with Crippen molar-refractivity contribution >= 4 is 23.2 Å². The second-order valence-electron chi connectivity index (χ2n) is 8.86. The summed E-state index contributed by atoms with van der Waals surface area (Å²) < 4.78 is 17.0. The Balaban J connectivity index is 1.56. The minimum Gasteiger partial charge on any atom is -0.497 e. The normalized spacial score (nSPS) is 20.8. The molecule has 0 aromatic heterocycles. The van der Waals surface area contributed by atoms with Crippen LogP contribution in [0, 0.1) is 5.92 Å². The number of imide groups is 1. The summed E-state index contributed by atoms with van der Waals surface area (Å²) in [7, 11) is 1.57. The van der Waals surface area contributed by atoms with Crippen LogP contribution in [0.1, 0.15) is 31.9 Å². The van der Waals surface area contributed by atoms with Crippen molar-refractivity contribution in [3.8, 4) is 17.2 Å². The van der Waals surface area contributed by atoms with Crippen LogP contribution in [0.2, 0.25) is 0 Å². The van der Waals surface area contributed by atoms with Gasteiger partial charge in [-0.15, -0.1) is 0 Å². The van der Waals surface area contributed by atoms with Gasteiger partial charge in [0, 0.05) is 0 Å². The predicted octanol–water partition coefficient (Wildman–Crippen LogP) is 4.93. The maximum Gasteiger partial charge on any atom is 0.266 e. The summed E-state index contributed by atoms with van der Waals surface area (Å²) in [5.41, 5.74) is 2.03. The number of rotatable bonds is 9. The molecule has 2 aliphatic heterocycles. The molecule has 192 valence electrons. The number of hydrogen-bond acceptors (Lipinski definition) is 7. The maximum absolute atomic E-state index is 13.8. The molecule has 8 heteroatoms. The third-order valence-corrected chi connectivity index (χ3v) is 6.53. The number of benzene rings is 3. The molecule has 0 saturated carbocycles. The zero-order chi connectivity index (χ0) is 25.9. The van der Waals surface area contributed by atoms with E-state index in [-0.39, 0.29) is 5.91 Å². The number of nitrogens with zero attached hydrogens (tertiary/aromatic N) is 2. The summed E-state index contributed by atoms with van der Waals surface area (Å²) in [6.45, 7) is 4.98. The van der Waals surface area contributed by atoms with Gasteiger partial charge in [-0.2, -0.15) is 0 Å². The van der Waals surface area contributed by atoms with E-state index in [0.717, 1.165) is 17.7 Å². The van der Waals surface area contributed by atoms with Crippen molar-refractivity contribution in [1.82, 2.24) is 0 Å². The quantitative estimate of drug-likeness (QED) is 0.384. The Morgan fingerprint density at radius 2 is 1.59 bits per heavy atom. The molecule has 3 aromatic rings. The molecular weight excluding hydrogens is 472 g/mol. The second-order valence-corrected chi connectivity index (χ2v) is 8.86. The lowest BCUT2D eigenvalue weighted by Crippen LogP contribution is -2.37. The lowest BCUT2D eigenvalue weighted by molar-refractivity contribution is -0.126. The number of hydrogen-bond donors (Lipinski definition) is 0. The fourth-order valence-electron chi connectivity index (χ4n) is 4.85. The summed E-state index contributed by atoms with van der Waals surface area (Å²) in [4.78, 5) is 34.8. The van der Waals surface area contributed by atoms with Gasteiger partial charge in [-0.05, 0) is 67.4 Å². The van der Waals surface area contributed by atoms with Crippen molar-refractivity contribution < 1.29 is 28.6 Å². The third kappa shape index (κ3) is 4.49. The fourth-order valence-corrected chi connectivity index (χ4v) is 4.85. The van der Waals surface area contributed by atoms with E-state index in [1.165, 1.54) is 4.90 Å². The number of amides is 2. The van der Waals surface area contributed by atoms with Gasteiger partial charge in [0.2, 0.25) is 5.91 Å². The standard InChI is InChI=1S/C29H30N2O6/c1-4-17-36-23-16-11-19(18-24(23)35-5-2)26-25-27(37-31(26)21-9-7-6-8-10-21)29(33)30(28(25)32)20-12-14-22(34-3)15-13-20/h6-16,18,25-27H,4-5,17H2,1-3H3/t25-,26-,27-/m1/s1. The highest BCUT2D eigenvalue weighted by Crippen LogP contribution is 2.48. The molecule has 0 bridgehead atoms. The molecule has 37 heavy (non-hydrogen) atoms. The van der Waals surface area contributed by atoms with Crippen LogP contribution in [0.25, 0.3) is 0 Å². The first-order valence-electron chi connectivity index (χ1n) is 12.5. The first-order chi connectivity index (χ1) is 18.1. The van der Waals surface area contributed by atoms with Gasteiger partial charge in [0.15, 0.2) is 17.6 Å². The lowest BCUT2D eigenvalue weighted by Gasteiger charge is -2.29. The molecule has 2 amide bonds. The fraction of sp³-hybridized carbons (Fsp3) is 0.310. The van der Waals surface area contributed by atoms with Gasteiger partial charge in [0.05, 0.1) is 37.7 Å². The van der Waals surface area contributed by atoms with Gasteiger partial charge in [-0.1, -0.05) is 31.2 Å². The Hall–Kier alpha value is -4.04. The average Bonchev–Trinajstić information content (AvgIpc) is 3.44. The highest BCUT2D eigenvalue weighted by atomic mass is 16.7. The molecule has 3 aromatic carbocycles. The van der Waals surface area contributed by atoms with Crippen molar-refractivity contribution in [2.24, 2.45) is 5.92 Å². The average molecular weight is 503 g/mol. The molecule has 2 fully saturated rings. The first kappa shape index (κ1) is 24.6. The number of anilines is 2. The zero-order valence-electron chi connectivity index (χ0n) is 21.1. The summed E-state index contributed by atoms with van der Waals surface area (Å²) in [6.07, 6.45) is -0.0843. The van der Waals surface area contributed by atoms with Crippen molar-refractivity contribution in [2.45, 2.75) is 32.4 Å². The van der Waals surface area contributed by atoms with Gasteiger partial charge in [0.25, 0.3) is 5.91 Å². The van der Waals surface area contributed by atoms with Gasteiger partial charge in [0.1, 0.15) is 11.7 Å². The molecule has 0 aliphatic carbocycles. The van der Waals surface area contributed by atoms with Gasteiger partial charge in [-0.3, -0.25) is 14.4 Å². The highest BCUT2D eigenvalue weighted by Gasteiger charge is 2.60. The Morgan fingerprint density at radius 1 is 0.838 bits per heavy atom. The summed E-state index contributed by atoms with van der Waals surface area (Å²) >= 11 is 0. The smallest absolute Gasteiger partial charge is 0.266 e. The van der Waals surface area contributed by atoms with E-state index in [1.807, 2.05) is 62.4 Å². The predicted molar refractivity (Wildman–Crippen MR) is 139 cm³/mol. The summed E-state index contributed by atoms with van der Waals surface area (Å²) in [5.74, 6) is 0.425. The minimum atomic E-state index is -0.952. The van der Waals surface area contributed by atoms with Crippen molar-refractivity contribution in [3.63, 3.8) is 0 Å². The van der Waals surface area contributed by atoms with Crippen LogP contribution >= 0.6 is 0 Å². The molecule has 2 heterocycles. The minimum absolute atomic E-state index is 0.312. The topological polar surface area (TPSA) is 77.5 Å². The number of carbonyl (C=O) groups excluding carboxylic acids is 2. The number of fused-ring (bicyclic) bond motifs is 1. The lowest BCUT2D eigenvalue weighted by atomic mass is 9.90. The van der Waals surface area contributed by atoms with Crippen molar-refractivity contribution in [2.75, 3.05) is 30.3 Å². The van der Waals surface area contributed by atoms with E-state index in [4.69, 9.17) is 19.0 Å². The molecule has 2 saturated heterocycles. The van der Waals surface area contributed by atoms with Crippen LogP contribution in [-0.2, 0) is 14.4 Å². The zero-order valence-corrected chi connectivity index (χ0v) is 21.1. The Bertz CT molecular complexity index is 1260. The maximum atomic E-state index is 13.8. The summed E-state index contributed by atoms with van der Waals surface area (Å²) in [5, 5.41) is 1.67. The van der Waals surface area contributed by atoms with Gasteiger partial charge < -0.3 is 14.2 Å². The molecule has 5 rings (SSSR count). The molecule has 2 aliphatic rings. The van der Waals surface area contributed by atoms with Crippen LogP contribution in [0.3, 0.4) is 0 Å². The molecule has 0 radical (unpaired) electrons. The monoisotopic (exact) mass is 502 g/mol. The first-order valence-corrected chi connectivity index (χ1v) is 12.5. The van der Waals surface area contributed by atoms with Crippen LogP contribution in [-0.4, -0.2) is 38.2 Å². The molecular formula is C29H30N2O6. The van der Waals surface area contributed by atoms with E-state index in [0.29, 0.717) is 36.1 Å². The molecule has 3 atom stereocenters. The summed E-state index contributed by atoms with van der Waals surface area (Å²) in [6, 6.07) is 21.4. The van der Waals surface area contributed by atoms with E-state index >= 15 is 0 Å². The van der Waals surface area contributed by atoms with Gasteiger partial charge >= 0.3 is 0 Å². The molecule has 0 N–H and O–H groups in total. The van der Waals surface area contributed by atoms with Gasteiger partial charge in [-0.25, -0.2) is 9.96 Å². The third-order valence-electron chi connectivity index (χ3n) is 6.53. The molecule has 8 nitrogen and oxygen atoms in total. The van der Waals surface area contributed by atoms with Crippen LogP contribution in [0.4, 0.5) is 11.4 Å². The SMILES string of the molecule is CCCOc1ccc([C@@H]2[C@H]3C(=O)N(c4ccc(OC)cc4)C(=O)[C@@H]3ON2c2ccccc2)cc1OCC. The number of methoxy groups -OCH3 is 1. The Morgan fingerprint density at radius 3 is 2.27 bits per heavy atom. The van der Waals surface area contributed by atoms with E-state index in [9.17, 15) is 9.59 Å². The largest absolute Gasteiger partial charge is 0.497 e. The van der Waals surface area contributed by atoms with Crippen LogP contribution in [0.15, 0.2) is 72.8 Å². The Labute approximate surface area is 216 Å². The number of carbonyl (C=O) groups is 2. The van der Waals surface area contributed by atoms with Crippen molar-refractivity contribution in [3.05, 3.63) is 78.4 Å². The number of hydroxylamine groups is 1. The molecule has 0 unspecified atom stereocenters. The second kappa shape index (κ2) is 10.5. The highest BCUT2D eigenvalue weighted by molar-refractivity contribution is 6.23. The number of para-hydroxylation sites is 1. The van der Waals surface area contributed by atoms with E-state index < -0.39 is 24.0 Å². The van der Waals surface area contributed by atoms with E-state index in [1.54, 1.807) is 36.4 Å². The Kier molecular flexibility index (Phi) is 7.01. The molecule has 0 spiro atoms. The van der Waals surface area contributed by atoms with Crippen LogP contribution < -0.4 is 24.2 Å². The number of ether oxygens (including phenoxy) is 3. The van der Waals surface area contributed by atoms with Crippen LogP contribution in [0.5, 0.6) is 17.2 Å². The van der Waals surface area contributed by atoms with Crippen molar-refractivity contribution in [1.29, 1.82) is 0 Å². The van der Waals surface area contributed by atoms with E-state index in [2.05, 4.69) is 0 Å².